The van der Waals surface area contributed by atoms with Crippen molar-refractivity contribution in [1.82, 2.24) is 9.78 Å². The first-order valence-corrected chi connectivity index (χ1v) is 4.34. The normalized spacial score (nSPS) is 11.7. The third-order valence-corrected chi connectivity index (χ3v) is 2.03. The Labute approximate surface area is 82.5 Å². The van der Waals surface area contributed by atoms with E-state index < -0.39 is 6.09 Å². The van der Waals surface area contributed by atoms with Gasteiger partial charge in [0.1, 0.15) is 5.82 Å². The lowest BCUT2D eigenvalue weighted by atomic mass is 9.87. The highest BCUT2D eigenvalue weighted by molar-refractivity contribution is 5.73. The van der Waals surface area contributed by atoms with Gasteiger partial charge in [0.2, 0.25) is 0 Å². The van der Waals surface area contributed by atoms with Crippen molar-refractivity contribution < 1.29 is 9.90 Å². The molecule has 5 nitrogen and oxygen atoms in total. The topological polar surface area (TPSA) is 81.1 Å². The molecule has 1 aromatic rings. The molecule has 0 unspecified atom stereocenters. The number of nitrogens with two attached hydrogens (primary N) is 1. The van der Waals surface area contributed by atoms with E-state index in [1.165, 1.54) is 0 Å². The zero-order valence-corrected chi connectivity index (χ0v) is 8.83. The van der Waals surface area contributed by atoms with E-state index in [0.29, 0.717) is 5.69 Å². The van der Waals surface area contributed by atoms with Crippen LogP contribution in [0.15, 0.2) is 0 Å². The predicted molar refractivity (Wildman–Crippen MR) is 53.5 cm³/mol. The number of rotatable bonds is 0. The lowest BCUT2D eigenvalue weighted by Gasteiger charge is -2.18. The number of hydrogen-bond acceptors (Lipinski definition) is 3. The average molecular weight is 197 g/mol. The number of carbonyl (C=O) groups is 1. The lowest BCUT2D eigenvalue weighted by Crippen LogP contribution is -2.17. The zero-order valence-electron chi connectivity index (χ0n) is 8.83. The predicted octanol–water partition coefficient (Wildman–Crippen LogP) is 1.60. The molecule has 0 aromatic carbocycles. The first-order chi connectivity index (χ1) is 6.25. The molecule has 0 bridgehead atoms. The second kappa shape index (κ2) is 3.01. The molecule has 78 valence electrons. The largest absolute Gasteiger partial charge is 0.463 e. The first kappa shape index (κ1) is 10.6. The SMILES string of the molecule is Cc1nn(C(=O)O)c(N)c1C(C)(C)C. The summed E-state index contributed by atoms with van der Waals surface area (Å²) in [5, 5.41) is 12.7. The maximum Gasteiger partial charge on any atom is 0.434 e. The summed E-state index contributed by atoms with van der Waals surface area (Å²) in [6, 6.07) is 0. The van der Waals surface area contributed by atoms with Crippen molar-refractivity contribution in [2.45, 2.75) is 33.1 Å². The quantitative estimate of drug-likeness (QED) is 0.661. The summed E-state index contributed by atoms with van der Waals surface area (Å²) < 4.78 is 0.815. The molecule has 0 spiro atoms. The van der Waals surface area contributed by atoms with Crippen molar-refractivity contribution in [1.29, 1.82) is 0 Å². The molecule has 0 radical (unpaired) electrons. The number of aromatic nitrogens is 2. The fraction of sp³-hybridized carbons (Fsp3) is 0.556. The lowest BCUT2D eigenvalue weighted by molar-refractivity contribution is 0.193. The molecular weight excluding hydrogens is 182 g/mol. The van der Waals surface area contributed by atoms with Crippen LogP contribution in [0, 0.1) is 6.92 Å². The Morgan fingerprint density at radius 3 is 2.21 bits per heavy atom. The Kier molecular flexibility index (Phi) is 2.27. The summed E-state index contributed by atoms with van der Waals surface area (Å²) in [7, 11) is 0. The maximum absolute atomic E-state index is 10.7. The van der Waals surface area contributed by atoms with E-state index in [0.717, 1.165) is 10.2 Å². The monoisotopic (exact) mass is 197 g/mol. The van der Waals surface area contributed by atoms with Crippen molar-refractivity contribution in [3.8, 4) is 0 Å². The molecule has 0 atom stereocenters. The van der Waals surface area contributed by atoms with Gasteiger partial charge >= 0.3 is 6.09 Å². The summed E-state index contributed by atoms with van der Waals surface area (Å²) in [6.45, 7) is 7.68. The van der Waals surface area contributed by atoms with Gasteiger partial charge in [0.05, 0.1) is 5.69 Å². The highest BCUT2D eigenvalue weighted by atomic mass is 16.4. The van der Waals surface area contributed by atoms with Crippen LogP contribution in [0.25, 0.3) is 0 Å². The van der Waals surface area contributed by atoms with Gasteiger partial charge in [0.15, 0.2) is 0 Å². The number of nitrogens with zero attached hydrogens (tertiary/aromatic N) is 2. The number of anilines is 1. The van der Waals surface area contributed by atoms with Crippen LogP contribution in [-0.4, -0.2) is 21.0 Å². The Morgan fingerprint density at radius 2 is 2.00 bits per heavy atom. The summed E-state index contributed by atoms with van der Waals surface area (Å²) in [6.07, 6.45) is -1.15. The van der Waals surface area contributed by atoms with Gasteiger partial charge < -0.3 is 10.8 Å². The van der Waals surface area contributed by atoms with E-state index in [2.05, 4.69) is 5.10 Å². The molecule has 0 amide bonds. The minimum Gasteiger partial charge on any atom is -0.463 e. The molecule has 3 N–H and O–H groups in total. The van der Waals surface area contributed by atoms with Gasteiger partial charge in [-0.2, -0.15) is 5.10 Å². The molecule has 0 saturated carbocycles. The Balaban J connectivity index is 3.40. The van der Waals surface area contributed by atoms with Crippen LogP contribution >= 0.6 is 0 Å². The summed E-state index contributed by atoms with van der Waals surface area (Å²) in [4.78, 5) is 10.7. The third-order valence-electron chi connectivity index (χ3n) is 2.03. The number of carboxylic acid groups (broad SMARTS) is 1. The summed E-state index contributed by atoms with van der Waals surface area (Å²) in [5.41, 5.74) is 6.97. The van der Waals surface area contributed by atoms with Gasteiger partial charge in [0.25, 0.3) is 0 Å². The smallest absolute Gasteiger partial charge is 0.434 e. The van der Waals surface area contributed by atoms with Crippen molar-refractivity contribution in [2.75, 3.05) is 5.73 Å². The molecular formula is C9H15N3O2. The molecule has 1 heterocycles. The Morgan fingerprint density at radius 1 is 1.50 bits per heavy atom. The van der Waals surface area contributed by atoms with E-state index >= 15 is 0 Å². The standard InChI is InChI=1S/C9H15N3O2/c1-5-6(9(2,3)4)7(10)12(11-5)8(13)14/h10H2,1-4H3,(H,13,14). The van der Waals surface area contributed by atoms with E-state index in [1.54, 1.807) is 6.92 Å². The molecule has 14 heavy (non-hydrogen) atoms. The minimum atomic E-state index is -1.15. The average Bonchev–Trinajstić information content (AvgIpc) is 2.24. The fourth-order valence-electron chi connectivity index (χ4n) is 1.62. The number of aryl methyl sites for hydroxylation is 1. The van der Waals surface area contributed by atoms with Gasteiger partial charge in [0, 0.05) is 5.56 Å². The van der Waals surface area contributed by atoms with Crippen LogP contribution in [0.2, 0.25) is 0 Å². The highest BCUT2D eigenvalue weighted by Crippen LogP contribution is 2.30. The van der Waals surface area contributed by atoms with Crippen LogP contribution in [0.3, 0.4) is 0 Å². The van der Waals surface area contributed by atoms with Crippen molar-refractivity contribution in [3.05, 3.63) is 11.3 Å². The maximum atomic E-state index is 10.7. The van der Waals surface area contributed by atoms with E-state index in [-0.39, 0.29) is 11.2 Å². The van der Waals surface area contributed by atoms with Gasteiger partial charge in [-0.3, -0.25) is 0 Å². The van der Waals surface area contributed by atoms with E-state index in [9.17, 15) is 4.79 Å². The number of nitrogen functional groups attached to an aromatic ring is 1. The van der Waals surface area contributed by atoms with E-state index in [1.807, 2.05) is 20.8 Å². The molecule has 0 fully saturated rings. The van der Waals surface area contributed by atoms with Gasteiger partial charge in [-0.1, -0.05) is 20.8 Å². The first-order valence-electron chi connectivity index (χ1n) is 4.34. The van der Waals surface area contributed by atoms with Crippen molar-refractivity contribution >= 4 is 11.9 Å². The summed E-state index contributed by atoms with van der Waals surface area (Å²) >= 11 is 0. The molecule has 1 aromatic heterocycles. The molecule has 0 saturated heterocycles. The molecule has 5 heteroatoms. The second-order valence-corrected chi connectivity index (χ2v) is 4.29. The van der Waals surface area contributed by atoms with Gasteiger partial charge in [-0.15, -0.1) is 4.68 Å². The van der Waals surface area contributed by atoms with Crippen molar-refractivity contribution in [2.24, 2.45) is 0 Å². The Bertz CT molecular complexity index is 374. The molecule has 1 rings (SSSR count). The third kappa shape index (κ3) is 1.57. The molecule has 0 aliphatic rings. The van der Waals surface area contributed by atoms with Crippen LogP contribution in [0.5, 0.6) is 0 Å². The van der Waals surface area contributed by atoms with Crippen LogP contribution in [0.4, 0.5) is 10.6 Å². The second-order valence-electron chi connectivity index (χ2n) is 4.29. The van der Waals surface area contributed by atoms with Crippen molar-refractivity contribution in [3.63, 3.8) is 0 Å². The zero-order chi connectivity index (χ0) is 11.1. The highest BCUT2D eigenvalue weighted by Gasteiger charge is 2.25. The fourth-order valence-corrected chi connectivity index (χ4v) is 1.62. The van der Waals surface area contributed by atoms with Crippen LogP contribution < -0.4 is 5.73 Å². The summed E-state index contributed by atoms with van der Waals surface area (Å²) in [5.74, 6) is 0.211. The van der Waals surface area contributed by atoms with Crippen LogP contribution in [0.1, 0.15) is 32.0 Å². The van der Waals surface area contributed by atoms with Gasteiger partial charge in [-0.25, -0.2) is 4.79 Å². The Hall–Kier alpha value is -1.52. The minimum absolute atomic E-state index is 0.193. The van der Waals surface area contributed by atoms with E-state index in [4.69, 9.17) is 10.8 Å². The molecule has 0 aliphatic carbocycles. The molecule has 0 aliphatic heterocycles. The van der Waals surface area contributed by atoms with Gasteiger partial charge in [-0.05, 0) is 12.3 Å². The van der Waals surface area contributed by atoms with Crippen LogP contribution in [-0.2, 0) is 5.41 Å². The number of hydrogen-bond donors (Lipinski definition) is 2.